The van der Waals surface area contributed by atoms with Gasteiger partial charge in [-0.3, -0.25) is 5.32 Å². The van der Waals surface area contributed by atoms with Crippen molar-refractivity contribution in [1.29, 1.82) is 0 Å². The predicted molar refractivity (Wildman–Crippen MR) is 99.2 cm³/mol. The largest absolute Gasteiger partial charge is 0.477 e. The Labute approximate surface area is 161 Å². The van der Waals surface area contributed by atoms with Gasteiger partial charge in [-0.1, -0.05) is 30.3 Å². The third kappa shape index (κ3) is 6.27. The first-order chi connectivity index (χ1) is 13.2. The number of hydrogen-bond acceptors (Lipinski definition) is 6. The number of nitrogens with one attached hydrogen (secondary N) is 1. The van der Waals surface area contributed by atoms with Gasteiger partial charge in [-0.05, 0) is 26.3 Å². The normalized spacial score (nSPS) is 11.6. The van der Waals surface area contributed by atoms with Crippen LogP contribution >= 0.6 is 0 Å². The van der Waals surface area contributed by atoms with Crippen molar-refractivity contribution in [1.82, 2.24) is 14.9 Å². The Kier molecular flexibility index (Phi) is 6.54. The molecule has 2 aromatic rings. The number of amides is 1. The molecule has 1 heterocycles. The summed E-state index contributed by atoms with van der Waals surface area (Å²) >= 11 is 0. The van der Waals surface area contributed by atoms with Gasteiger partial charge in [0.1, 0.15) is 23.7 Å². The number of carboxylic acid groups (broad SMARTS) is 1. The molecule has 9 heteroatoms. The molecule has 0 atom stereocenters. The fraction of sp³-hybridized carbons (Fsp3) is 0.263. The van der Waals surface area contributed by atoms with Crippen LogP contribution in [0.4, 0.5) is 9.59 Å². The lowest BCUT2D eigenvalue weighted by atomic mass is 10.2. The number of carbonyl (C=O) groups is 3. The minimum atomic E-state index is -1.42. The van der Waals surface area contributed by atoms with Gasteiger partial charge < -0.3 is 14.6 Å². The molecule has 2 N–H and O–H groups in total. The van der Waals surface area contributed by atoms with Crippen molar-refractivity contribution < 1.29 is 29.0 Å². The molecule has 28 heavy (non-hydrogen) atoms. The molecule has 1 amide bonds. The molecule has 0 unspecified atom stereocenters. The van der Waals surface area contributed by atoms with Crippen LogP contribution in [0.2, 0.25) is 0 Å². The van der Waals surface area contributed by atoms with E-state index in [1.807, 2.05) is 6.07 Å². The smallest absolute Gasteiger partial charge is 0.420 e. The number of imidazole rings is 1. The average molecular weight is 387 g/mol. The maximum atomic E-state index is 12.2. The molecular weight excluding hydrogens is 366 g/mol. The Morgan fingerprint density at radius 2 is 1.89 bits per heavy atom. The van der Waals surface area contributed by atoms with Crippen molar-refractivity contribution in [2.75, 3.05) is 0 Å². The van der Waals surface area contributed by atoms with Crippen LogP contribution in [0.15, 0.2) is 48.4 Å². The van der Waals surface area contributed by atoms with Crippen LogP contribution in [0.5, 0.6) is 0 Å². The summed E-state index contributed by atoms with van der Waals surface area (Å²) in [4.78, 5) is 39.5. The van der Waals surface area contributed by atoms with E-state index in [0.717, 1.165) is 16.2 Å². The number of carboxylic acids is 1. The molecule has 148 valence electrons. The highest BCUT2D eigenvalue weighted by molar-refractivity contribution is 5.95. The lowest BCUT2D eigenvalue weighted by Gasteiger charge is -2.19. The summed E-state index contributed by atoms with van der Waals surface area (Å²) in [6.45, 7) is 5.07. The zero-order chi connectivity index (χ0) is 20.7. The van der Waals surface area contributed by atoms with Gasteiger partial charge in [-0.2, -0.15) is 0 Å². The standard InChI is InChI=1S/C19H21N3O6/c1-19(2,3)28-18(26)22-10-9-20-15(22)11-14(16(23)24)21-17(25)27-12-13-7-5-4-6-8-13/h4-11H,12H2,1-3H3,(H,21,25)(H,23,24)/b14-11+. The number of hydrogen-bond donors (Lipinski definition) is 2. The minimum absolute atomic E-state index is 0.0185. The van der Waals surface area contributed by atoms with Gasteiger partial charge in [0.15, 0.2) is 0 Å². The number of ether oxygens (including phenoxy) is 2. The zero-order valence-electron chi connectivity index (χ0n) is 15.7. The number of carbonyl (C=O) groups excluding carboxylic acids is 2. The third-order valence-electron chi connectivity index (χ3n) is 3.21. The van der Waals surface area contributed by atoms with E-state index in [1.165, 1.54) is 12.4 Å². The molecule has 0 bridgehead atoms. The minimum Gasteiger partial charge on any atom is -0.477 e. The monoisotopic (exact) mass is 387 g/mol. The molecule has 0 fully saturated rings. The maximum absolute atomic E-state index is 12.2. The van der Waals surface area contributed by atoms with Crippen molar-refractivity contribution in [2.24, 2.45) is 0 Å². The number of rotatable bonds is 5. The molecule has 0 spiro atoms. The van der Waals surface area contributed by atoms with Gasteiger partial charge >= 0.3 is 18.2 Å². The number of aromatic nitrogens is 2. The molecule has 0 aliphatic carbocycles. The lowest BCUT2D eigenvalue weighted by molar-refractivity contribution is -0.132. The summed E-state index contributed by atoms with van der Waals surface area (Å²) in [5.41, 5.74) is -0.495. The molecule has 0 radical (unpaired) electrons. The van der Waals surface area contributed by atoms with E-state index >= 15 is 0 Å². The third-order valence-corrected chi connectivity index (χ3v) is 3.21. The fourth-order valence-corrected chi connectivity index (χ4v) is 2.04. The van der Waals surface area contributed by atoms with E-state index in [2.05, 4.69) is 10.3 Å². The SMILES string of the molecule is CC(C)(C)OC(=O)n1ccnc1/C=C(/NC(=O)OCc1ccccc1)C(=O)O. The second-order valence-electron chi connectivity index (χ2n) is 6.69. The van der Waals surface area contributed by atoms with Crippen molar-refractivity contribution >= 4 is 24.2 Å². The number of alkyl carbamates (subject to hydrolysis) is 1. The van der Waals surface area contributed by atoms with Crippen molar-refractivity contribution in [3.8, 4) is 0 Å². The Morgan fingerprint density at radius 3 is 2.50 bits per heavy atom. The van der Waals surface area contributed by atoms with Crippen molar-refractivity contribution in [2.45, 2.75) is 33.0 Å². The van der Waals surface area contributed by atoms with E-state index in [1.54, 1.807) is 45.0 Å². The van der Waals surface area contributed by atoms with Gasteiger partial charge in [0.2, 0.25) is 0 Å². The van der Waals surface area contributed by atoms with E-state index in [9.17, 15) is 19.5 Å². The molecule has 1 aromatic heterocycles. The summed E-state index contributed by atoms with van der Waals surface area (Å²) in [6, 6.07) is 8.92. The first-order valence-corrected chi connectivity index (χ1v) is 8.35. The van der Waals surface area contributed by atoms with Gasteiger partial charge in [-0.15, -0.1) is 0 Å². The first kappa shape index (κ1) is 20.7. The van der Waals surface area contributed by atoms with Gasteiger partial charge in [0.05, 0.1) is 0 Å². The predicted octanol–water partition coefficient (Wildman–Crippen LogP) is 3.02. The van der Waals surface area contributed by atoms with E-state index in [-0.39, 0.29) is 12.4 Å². The molecule has 0 saturated heterocycles. The van der Waals surface area contributed by atoms with Crippen LogP contribution in [-0.2, 0) is 20.9 Å². The first-order valence-electron chi connectivity index (χ1n) is 8.35. The quantitative estimate of drug-likeness (QED) is 0.757. The Hall–Kier alpha value is -3.62. The molecule has 0 aliphatic heterocycles. The van der Waals surface area contributed by atoms with Gasteiger partial charge in [0.25, 0.3) is 0 Å². The number of nitrogens with zero attached hydrogens (tertiary/aromatic N) is 2. The van der Waals surface area contributed by atoms with Crippen LogP contribution in [0.1, 0.15) is 32.2 Å². The topological polar surface area (TPSA) is 120 Å². The Bertz CT molecular complexity index is 881. The zero-order valence-corrected chi connectivity index (χ0v) is 15.7. The van der Waals surface area contributed by atoms with Crippen LogP contribution in [0.25, 0.3) is 6.08 Å². The molecule has 0 saturated carbocycles. The molecule has 2 rings (SSSR count). The molecule has 9 nitrogen and oxygen atoms in total. The number of aliphatic carboxylic acids is 1. The molecule has 1 aromatic carbocycles. The van der Waals surface area contributed by atoms with Crippen molar-refractivity contribution in [3.63, 3.8) is 0 Å². The van der Waals surface area contributed by atoms with Crippen LogP contribution in [-0.4, -0.2) is 38.4 Å². The van der Waals surface area contributed by atoms with Gasteiger partial charge in [0, 0.05) is 18.5 Å². The fourth-order valence-electron chi connectivity index (χ4n) is 2.04. The molecule has 0 aliphatic rings. The maximum Gasteiger partial charge on any atom is 0.420 e. The summed E-state index contributed by atoms with van der Waals surface area (Å²) in [5, 5.41) is 11.5. The summed E-state index contributed by atoms with van der Waals surface area (Å²) in [6.07, 6.45) is 1.99. The van der Waals surface area contributed by atoms with Crippen molar-refractivity contribution in [3.05, 3.63) is 59.8 Å². The highest BCUT2D eigenvalue weighted by Crippen LogP contribution is 2.12. The second kappa shape index (κ2) is 8.85. The van der Waals surface area contributed by atoms with Crippen LogP contribution in [0.3, 0.4) is 0 Å². The van der Waals surface area contributed by atoms with Crippen LogP contribution in [0, 0.1) is 0 Å². The summed E-state index contributed by atoms with van der Waals surface area (Å²) in [5.74, 6) is -1.44. The van der Waals surface area contributed by atoms with E-state index in [4.69, 9.17) is 9.47 Å². The highest BCUT2D eigenvalue weighted by atomic mass is 16.6. The highest BCUT2D eigenvalue weighted by Gasteiger charge is 2.21. The summed E-state index contributed by atoms with van der Waals surface area (Å²) in [7, 11) is 0. The Morgan fingerprint density at radius 1 is 1.21 bits per heavy atom. The van der Waals surface area contributed by atoms with E-state index in [0.29, 0.717) is 0 Å². The average Bonchev–Trinajstić information content (AvgIpc) is 3.07. The second-order valence-corrected chi connectivity index (χ2v) is 6.69. The lowest BCUT2D eigenvalue weighted by Crippen LogP contribution is -2.29. The summed E-state index contributed by atoms with van der Waals surface area (Å²) < 4.78 is 11.3. The number of benzene rings is 1. The van der Waals surface area contributed by atoms with Gasteiger partial charge in [-0.25, -0.2) is 23.9 Å². The van der Waals surface area contributed by atoms with E-state index < -0.39 is 29.5 Å². The van der Waals surface area contributed by atoms with Crippen LogP contribution < -0.4 is 5.32 Å². The Balaban J connectivity index is 2.10. The molecular formula is C19H21N3O6.